The summed E-state index contributed by atoms with van der Waals surface area (Å²) in [4.78, 5) is 46.1. The van der Waals surface area contributed by atoms with Crippen molar-refractivity contribution in [2.24, 2.45) is 5.92 Å². The van der Waals surface area contributed by atoms with Crippen molar-refractivity contribution in [1.82, 2.24) is 25.3 Å². The van der Waals surface area contributed by atoms with Gasteiger partial charge in [0.25, 0.3) is 5.91 Å². The Labute approximate surface area is 179 Å². The normalized spacial score (nSPS) is 17.8. The molecule has 1 aliphatic heterocycles. The van der Waals surface area contributed by atoms with Crippen molar-refractivity contribution in [3.05, 3.63) is 54.1 Å². The van der Waals surface area contributed by atoms with Crippen LogP contribution in [-0.2, 0) is 37.4 Å². The number of aromatic nitrogens is 2. The maximum absolute atomic E-state index is 13.0. The lowest BCUT2D eigenvalue weighted by Crippen LogP contribution is -2.55. The summed E-state index contributed by atoms with van der Waals surface area (Å²) < 4.78 is 27.8. The van der Waals surface area contributed by atoms with Crippen LogP contribution in [0.3, 0.4) is 0 Å². The lowest BCUT2D eigenvalue weighted by Gasteiger charge is -2.24. The lowest BCUT2D eigenvalue weighted by molar-refractivity contribution is -0.140. The number of rotatable bonds is 6. The van der Waals surface area contributed by atoms with Crippen LogP contribution in [0.15, 0.2) is 47.6 Å². The van der Waals surface area contributed by atoms with Crippen molar-refractivity contribution in [2.75, 3.05) is 0 Å². The number of nitrogens with zero attached hydrogens (tertiary/aromatic N) is 2. The zero-order chi connectivity index (χ0) is 22.6. The van der Waals surface area contributed by atoms with Crippen LogP contribution in [-0.4, -0.2) is 48.1 Å². The van der Waals surface area contributed by atoms with Crippen LogP contribution in [0.5, 0.6) is 0 Å². The molecule has 2 unspecified atom stereocenters. The zero-order valence-electron chi connectivity index (χ0n) is 17.0. The first kappa shape index (κ1) is 22.5. The molecular weight excluding hydrogens is 422 g/mol. The summed E-state index contributed by atoms with van der Waals surface area (Å²) in [5.41, 5.74) is 0.917. The van der Waals surface area contributed by atoms with E-state index in [9.17, 15) is 22.8 Å². The standard InChI is InChI=1S/C20H23N5O5S/c1-12(2)17(25-31(29,30)15-6-4-3-5-7-15)19(27)24-16-8-13-9-21-10-14(23-13)11-22-20(28)18(16)26/h3-7,9-10,12,16-17,25H,8,11H2,1-2H3,(H,22,28)(H,24,27). The van der Waals surface area contributed by atoms with Gasteiger partial charge in [0, 0.05) is 12.6 Å². The van der Waals surface area contributed by atoms with Crippen molar-refractivity contribution >= 4 is 27.6 Å². The average molecular weight is 446 g/mol. The quantitative estimate of drug-likeness (QED) is 0.518. The van der Waals surface area contributed by atoms with Gasteiger partial charge in [-0.1, -0.05) is 32.0 Å². The van der Waals surface area contributed by atoms with Crippen molar-refractivity contribution in [3.63, 3.8) is 0 Å². The molecular formula is C20H23N5O5S. The highest BCUT2D eigenvalue weighted by Crippen LogP contribution is 2.13. The Morgan fingerprint density at radius 3 is 2.48 bits per heavy atom. The van der Waals surface area contributed by atoms with E-state index in [1.54, 1.807) is 32.0 Å². The summed E-state index contributed by atoms with van der Waals surface area (Å²) in [5, 5.41) is 4.96. The molecule has 2 aromatic rings. The maximum atomic E-state index is 13.0. The Morgan fingerprint density at radius 2 is 1.81 bits per heavy atom. The molecule has 2 atom stereocenters. The fraction of sp³-hybridized carbons (Fsp3) is 0.350. The van der Waals surface area contributed by atoms with Crippen LogP contribution < -0.4 is 15.4 Å². The lowest BCUT2D eigenvalue weighted by atomic mass is 10.0. The Bertz CT molecular complexity index is 1090. The Kier molecular flexibility index (Phi) is 6.76. The minimum atomic E-state index is -3.97. The molecule has 164 valence electrons. The Morgan fingerprint density at radius 1 is 1.13 bits per heavy atom. The molecule has 1 aliphatic rings. The number of ketones is 1. The van der Waals surface area contributed by atoms with Crippen LogP contribution in [0.1, 0.15) is 25.2 Å². The molecule has 31 heavy (non-hydrogen) atoms. The van der Waals surface area contributed by atoms with Gasteiger partial charge in [0.05, 0.1) is 29.0 Å². The third-order valence-electron chi connectivity index (χ3n) is 4.72. The molecule has 11 heteroatoms. The first-order valence-electron chi connectivity index (χ1n) is 9.67. The average Bonchev–Trinajstić information content (AvgIpc) is 2.78. The fourth-order valence-electron chi connectivity index (χ4n) is 3.06. The van der Waals surface area contributed by atoms with Gasteiger partial charge in [0.1, 0.15) is 12.1 Å². The first-order chi connectivity index (χ1) is 14.7. The molecule has 10 nitrogen and oxygen atoms in total. The summed E-state index contributed by atoms with van der Waals surface area (Å²) in [6.45, 7) is 3.38. The van der Waals surface area contributed by atoms with E-state index in [0.717, 1.165) is 0 Å². The van der Waals surface area contributed by atoms with Gasteiger partial charge in [-0.25, -0.2) is 8.42 Å². The Hall–Kier alpha value is -3.18. The largest absolute Gasteiger partial charge is 0.344 e. The molecule has 2 bridgehead atoms. The van der Waals surface area contributed by atoms with Crippen LogP contribution >= 0.6 is 0 Å². The summed E-state index contributed by atoms with van der Waals surface area (Å²) in [6, 6.07) is 5.28. The number of nitrogens with one attached hydrogen (secondary N) is 3. The van der Waals surface area contributed by atoms with Crippen molar-refractivity contribution in [2.45, 2.75) is 43.8 Å². The zero-order valence-corrected chi connectivity index (χ0v) is 17.8. The van der Waals surface area contributed by atoms with Crippen molar-refractivity contribution < 1.29 is 22.8 Å². The second-order valence-corrected chi connectivity index (χ2v) is 9.18. The van der Waals surface area contributed by atoms with Gasteiger partial charge in [0.2, 0.25) is 21.7 Å². The third-order valence-corrected chi connectivity index (χ3v) is 6.18. The van der Waals surface area contributed by atoms with Gasteiger partial charge in [-0.15, -0.1) is 0 Å². The molecule has 0 saturated carbocycles. The number of fused-ring (bicyclic) bond motifs is 2. The van der Waals surface area contributed by atoms with Gasteiger partial charge in [0.15, 0.2) is 0 Å². The number of Topliss-reactive ketones (excluding diaryl/α,β-unsaturated/α-hetero) is 1. The number of sulfonamides is 1. The number of hydrogen-bond acceptors (Lipinski definition) is 7. The van der Waals surface area contributed by atoms with Crippen LogP contribution in [0.2, 0.25) is 0 Å². The number of benzene rings is 1. The molecule has 3 N–H and O–H groups in total. The van der Waals surface area contributed by atoms with Crippen LogP contribution in [0, 0.1) is 5.92 Å². The first-order valence-corrected chi connectivity index (χ1v) is 11.2. The van der Waals surface area contributed by atoms with Gasteiger partial charge >= 0.3 is 0 Å². The Balaban J connectivity index is 1.82. The van der Waals surface area contributed by atoms with Crippen LogP contribution in [0.4, 0.5) is 0 Å². The van der Waals surface area contributed by atoms with Gasteiger partial charge in [-0.3, -0.25) is 24.4 Å². The molecule has 0 aliphatic carbocycles. The van der Waals surface area contributed by atoms with E-state index in [4.69, 9.17) is 0 Å². The monoisotopic (exact) mass is 445 g/mol. The van der Waals surface area contributed by atoms with E-state index in [0.29, 0.717) is 11.4 Å². The fourth-order valence-corrected chi connectivity index (χ4v) is 4.42. The minimum Gasteiger partial charge on any atom is -0.344 e. The molecule has 0 fully saturated rings. The highest BCUT2D eigenvalue weighted by Gasteiger charge is 2.34. The number of hydrogen-bond donors (Lipinski definition) is 3. The molecule has 2 heterocycles. The van der Waals surface area contributed by atoms with E-state index in [1.165, 1.54) is 24.5 Å². The molecule has 1 aromatic heterocycles. The predicted octanol–water partition coefficient (Wildman–Crippen LogP) is -0.294. The van der Waals surface area contributed by atoms with Gasteiger partial charge in [-0.2, -0.15) is 4.72 Å². The third kappa shape index (κ3) is 5.50. The summed E-state index contributed by atoms with van der Waals surface area (Å²) >= 11 is 0. The molecule has 0 spiro atoms. The van der Waals surface area contributed by atoms with Gasteiger partial charge < -0.3 is 10.6 Å². The smallest absolute Gasteiger partial charge is 0.289 e. The number of carbonyl (C=O) groups is 3. The SMILES string of the molecule is CC(C)C(NS(=O)(=O)c1ccccc1)C(=O)NC1Cc2cncc(n2)CNC(=O)C1=O. The van der Waals surface area contributed by atoms with E-state index in [1.807, 2.05) is 0 Å². The predicted molar refractivity (Wildman–Crippen MR) is 110 cm³/mol. The van der Waals surface area contributed by atoms with Crippen molar-refractivity contribution in [1.29, 1.82) is 0 Å². The molecule has 1 aromatic carbocycles. The summed E-state index contributed by atoms with van der Waals surface area (Å²) in [7, 11) is -3.97. The van der Waals surface area contributed by atoms with E-state index < -0.39 is 45.6 Å². The highest BCUT2D eigenvalue weighted by atomic mass is 32.2. The molecule has 2 amide bonds. The highest BCUT2D eigenvalue weighted by molar-refractivity contribution is 7.89. The van der Waals surface area contributed by atoms with E-state index in [-0.39, 0.29) is 17.9 Å². The second kappa shape index (κ2) is 9.31. The van der Waals surface area contributed by atoms with Crippen molar-refractivity contribution in [3.8, 4) is 0 Å². The topological polar surface area (TPSA) is 147 Å². The molecule has 3 rings (SSSR count). The van der Waals surface area contributed by atoms with Crippen LogP contribution in [0.25, 0.3) is 0 Å². The minimum absolute atomic E-state index is 0.0124. The maximum Gasteiger partial charge on any atom is 0.289 e. The summed E-state index contributed by atoms with van der Waals surface area (Å²) in [5.74, 6) is -2.85. The van der Waals surface area contributed by atoms with E-state index >= 15 is 0 Å². The second-order valence-electron chi connectivity index (χ2n) is 7.47. The number of amides is 2. The summed E-state index contributed by atoms with van der Waals surface area (Å²) in [6.07, 6.45) is 2.87. The number of carbonyl (C=O) groups excluding carboxylic acids is 3. The molecule has 0 radical (unpaired) electrons. The van der Waals surface area contributed by atoms with E-state index in [2.05, 4.69) is 25.3 Å². The molecule has 0 saturated heterocycles. The van der Waals surface area contributed by atoms with Gasteiger partial charge in [-0.05, 0) is 18.1 Å².